The minimum Gasteiger partial charge on any atom is -0.397 e. The average Bonchev–Trinajstić information content (AvgIpc) is 2.20. The Morgan fingerprint density at radius 1 is 1.47 bits per heavy atom. The van der Waals surface area contributed by atoms with Gasteiger partial charge in [-0.3, -0.25) is 10.1 Å². The molecular formula is C12H19N3O2. The number of non-ortho nitro benzene ring substituents is 1. The first-order valence-electron chi connectivity index (χ1n) is 5.68. The lowest BCUT2D eigenvalue weighted by Crippen LogP contribution is -2.30. The summed E-state index contributed by atoms with van der Waals surface area (Å²) in [5, 5.41) is 13.9. The SMILES string of the molecule is CCCC(C)(C)Nc1ccc([N+](=O)[O-])cc1N. The first-order chi connectivity index (χ1) is 7.85. The lowest BCUT2D eigenvalue weighted by Gasteiger charge is -2.27. The maximum Gasteiger partial charge on any atom is 0.271 e. The summed E-state index contributed by atoms with van der Waals surface area (Å²) in [6.45, 7) is 6.28. The molecule has 0 unspecified atom stereocenters. The van der Waals surface area contributed by atoms with Crippen LogP contribution in [0.25, 0.3) is 0 Å². The molecule has 3 N–H and O–H groups in total. The summed E-state index contributed by atoms with van der Waals surface area (Å²) >= 11 is 0. The van der Waals surface area contributed by atoms with Crippen LogP contribution in [0.4, 0.5) is 17.1 Å². The molecule has 1 rings (SSSR count). The van der Waals surface area contributed by atoms with E-state index in [0.29, 0.717) is 5.69 Å². The van der Waals surface area contributed by atoms with Gasteiger partial charge >= 0.3 is 0 Å². The van der Waals surface area contributed by atoms with E-state index in [4.69, 9.17) is 5.73 Å². The first kappa shape index (κ1) is 13.3. The van der Waals surface area contributed by atoms with Gasteiger partial charge < -0.3 is 11.1 Å². The highest BCUT2D eigenvalue weighted by Crippen LogP contribution is 2.28. The van der Waals surface area contributed by atoms with Crippen molar-refractivity contribution in [1.82, 2.24) is 0 Å². The predicted octanol–water partition coefficient (Wildman–Crippen LogP) is 3.17. The Morgan fingerprint density at radius 2 is 2.12 bits per heavy atom. The van der Waals surface area contributed by atoms with E-state index in [9.17, 15) is 10.1 Å². The highest BCUT2D eigenvalue weighted by molar-refractivity contribution is 5.70. The number of nitrogen functional groups attached to an aromatic ring is 1. The Hall–Kier alpha value is -1.78. The van der Waals surface area contributed by atoms with Gasteiger partial charge in [-0.1, -0.05) is 13.3 Å². The van der Waals surface area contributed by atoms with Crippen LogP contribution in [0.1, 0.15) is 33.6 Å². The highest BCUT2D eigenvalue weighted by atomic mass is 16.6. The molecule has 0 aliphatic carbocycles. The van der Waals surface area contributed by atoms with Crippen molar-refractivity contribution in [2.45, 2.75) is 39.2 Å². The molecule has 1 aromatic rings. The number of rotatable bonds is 5. The lowest BCUT2D eigenvalue weighted by molar-refractivity contribution is -0.384. The van der Waals surface area contributed by atoms with Crippen molar-refractivity contribution in [3.8, 4) is 0 Å². The maximum atomic E-state index is 10.6. The second kappa shape index (κ2) is 5.03. The summed E-state index contributed by atoms with van der Waals surface area (Å²) < 4.78 is 0. The van der Waals surface area contributed by atoms with Crippen LogP contribution in [0, 0.1) is 10.1 Å². The Kier molecular flexibility index (Phi) is 3.93. The fourth-order valence-corrected chi connectivity index (χ4v) is 1.83. The van der Waals surface area contributed by atoms with Crippen molar-refractivity contribution in [1.29, 1.82) is 0 Å². The van der Waals surface area contributed by atoms with Gasteiger partial charge in [0.25, 0.3) is 5.69 Å². The lowest BCUT2D eigenvalue weighted by atomic mass is 9.98. The molecule has 0 aliphatic heterocycles. The summed E-state index contributed by atoms with van der Waals surface area (Å²) in [7, 11) is 0. The number of nitrogens with two attached hydrogens (primary N) is 1. The zero-order valence-corrected chi connectivity index (χ0v) is 10.5. The Morgan fingerprint density at radius 3 is 2.59 bits per heavy atom. The molecule has 0 fully saturated rings. The summed E-state index contributed by atoms with van der Waals surface area (Å²) in [5.41, 5.74) is 6.89. The largest absolute Gasteiger partial charge is 0.397 e. The molecule has 94 valence electrons. The normalized spacial score (nSPS) is 11.2. The van der Waals surface area contributed by atoms with Crippen molar-refractivity contribution in [2.75, 3.05) is 11.1 Å². The summed E-state index contributed by atoms with van der Waals surface area (Å²) in [4.78, 5) is 10.1. The van der Waals surface area contributed by atoms with Gasteiger partial charge in [-0.2, -0.15) is 0 Å². The molecule has 17 heavy (non-hydrogen) atoms. The van der Waals surface area contributed by atoms with Gasteiger partial charge in [0.1, 0.15) is 0 Å². The molecule has 5 nitrogen and oxygen atoms in total. The molecule has 0 spiro atoms. The van der Waals surface area contributed by atoms with E-state index < -0.39 is 4.92 Å². The number of nitrogens with one attached hydrogen (secondary N) is 1. The monoisotopic (exact) mass is 237 g/mol. The zero-order valence-electron chi connectivity index (χ0n) is 10.5. The third kappa shape index (κ3) is 3.62. The molecule has 5 heteroatoms. The number of nitrogens with zero attached hydrogens (tertiary/aromatic N) is 1. The Balaban J connectivity index is 2.90. The van der Waals surface area contributed by atoms with E-state index in [2.05, 4.69) is 26.1 Å². The summed E-state index contributed by atoms with van der Waals surface area (Å²) in [5.74, 6) is 0. The minimum atomic E-state index is -0.447. The first-order valence-corrected chi connectivity index (χ1v) is 5.68. The third-order valence-corrected chi connectivity index (χ3v) is 2.59. The van der Waals surface area contributed by atoms with E-state index in [1.165, 1.54) is 12.1 Å². The van der Waals surface area contributed by atoms with Gasteiger partial charge in [0.15, 0.2) is 0 Å². The molecule has 0 heterocycles. The van der Waals surface area contributed by atoms with Gasteiger partial charge in [-0.25, -0.2) is 0 Å². The molecule has 0 aromatic heterocycles. The molecule has 0 saturated heterocycles. The fourth-order valence-electron chi connectivity index (χ4n) is 1.83. The number of benzene rings is 1. The zero-order chi connectivity index (χ0) is 13.1. The molecular weight excluding hydrogens is 218 g/mol. The van der Waals surface area contributed by atoms with Gasteiger partial charge in [0.2, 0.25) is 0 Å². The maximum absolute atomic E-state index is 10.6. The number of hydrogen-bond donors (Lipinski definition) is 2. The number of nitro groups is 1. The van der Waals surface area contributed by atoms with E-state index in [1.54, 1.807) is 6.07 Å². The van der Waals surface area contributed by atoms with E-state index in [-0.39, 0.29) is 11.2 Å². The predicted molar refractivity (Wildman–Crippen MR) is 70.1 cm³/mol. The van der Waals surface area contributed by atoms with E-state index in [0.717, 1.165) is 18.5 Å². The number of hydrogen-bond acceptors (Lipinski definition) is 4. The Labute approximate surface area is 101 Å². The standard InChI is InChI=1S/C12H19N3O2/c1-4-7-12(2,3)14-11-6-5-9(15(16)17)8-10(11)13/h5-6,8,14H,4,7,13H2,1-3H3. The smallest absolute Gasteiger partial charge is 0.271 e. The second-order valence-electron chi connectivity index (χ2n) is 4.79. The van der Waals surface area contributed by atoms with Gasteiger partial charge in [0.05, 0.1) is 16.3 Å². The summed E-state index contributed by atoms with van der Waals surface area (Å²) in [6.07, 6.45) is 2.07. The van der Waals surface area contributed by atoms with Crippen molar-refractivity contribution in [3.63, 3.8) is 0 Å². The second-order valence-corrected chi connectivity index (χ2v) is 4.79. The van der Waals surface area contributed by atoms with E-state index in [1.807, 2.05) is 0 Å². The van der Waals surface area contributed by atoms with Crippen LogP contribution in [-0.2, 0) is 0 Å². The van der Waals surface area contributed by atoms with E-state index >= 15 is 0 Å². The average molecular weight is 237 g/mol. The molecule has 0 amide bonds. The fraction of sp³-hybridized carbons (Fsp3) is 0.500. The molecule has 0 atom stereocenters. The Bertz CT molecular complexity index is 416. The van der Waals surface area contributed by atoms with Crippen LogP contribution in [-0.4, -0.2) is 10.5 Å². The van der Waals surface area contributed by atoms with Crippen LogP contribution < -0.4 is 11.1 Å². The van der Waals surface area contributed by atoms with Crippen LogP contribution in [0.15, 0.2) is 18.2 Å². The molecule has 0 radical (unpaired) electrons. The van der Waals surface area contributed by atoms with Gasteiger partial charge in [-0.15, -0.1) is 0 Å². The van der Waals surface area contributed by atoms with Crippen LogP contribution in [0.5, 0.6) is 0 Å². The quantitative estimate of drug-likeness (QED) is 0.468. The number of anilines is 2. The third-order valence-electron chi connectivity index (χ3n) is 2.59. The molecule has 0 aliphatic rings. The van der Waals surface area contributed by atoms with Crippen molar-refractivity contribution < 1.29 is 4.92 Å². The van der Waals surface area contributed by atoms with Crippen molar-refractivity contribution >= 4 is 17.1 Å². The minimum absolute atomic E-state index is 0.0151. The highest BCUT2D eigenvalue weighted by Gasteiger charge is 2.18. The van der Waals surface area contributed by atoms with Gasteiger partial charge in [-0.05, 0) is 26.3 Å². The van der Waals surface area contributed by atoms with Crippen LogP contribution in [0.2, 0.25) is 0 Å². The van der Waals surface area contributed by atoms with Crippen molar-refractivity contribution in [3.05, 3.63) is 28.3 Å². The van der Waals surface area contributed by atoms with Gasteiger partial charge in [0, 0.05) is 17.7 Å². The molecule has 0 bridgehead atoms. The topological polar surface area (TPSA) is 81.2 Å². The van der Waals surface area contributed by atoms with Crippen LogP contribution in [0.3, 0.4) is 0 Å². The van der Waals surface area contributed by atoms with Crippen LogP contribution >= 0.6 is 0 Å². The summed E-state index contributed by atoms with van der Waals surface area (Å²) in [6, 6.07) is 4.50. The molecule has 0 saturated carbocycles. The molecule has 1 aromatic carbocycles. The van der Waals surface area contributed by atoms with Crippen molar-refractivity contribution in [2.24, 2.45) is 0 Å². The number of nitro benzene ring substituents is 1.